The summed E-state index contributed by atoms with van der Waals surface area (Å²) in [6.07, 6.45) is 14.3. The summed E-state index contributed by atoms with van der Waals surface area (Å²) in [4.78, 5) is 152. The van der Waals surface area contributed by atoms with Gasteiger partial charge in [0, 0.05) is 115 Å². The number of piperidine rings is 2. The van der Waals surface area contributed by atoms with Crippen molar-refractivity contribution in [2.45, 2.75) is 139 Å². The lowest BCUT2D eigenvalue weighted by molar-refractivity contribution is -0.138. The molecule has 30 nitrogen and oxygen atoms in total. The van der Waals surface area contributed by atoms with Crippen LogP contribution in [0.1, 0.15) is 185 Å². The average Bonchev–Trinajstić information content (AvgIpc) is 1.61. The third kappa shape index (κ3) is 18.0. The number of imidazole rings is 2. The first-order valence-electron chi connectivity index (χ1n) is 41.7. The van der Waals surface area contributed by atoms with E-state index in [1.165, 1.54) is 12.1 Å². The maximum Gasteiger partial charge on any atom is 0.303 e. The molecule has 5 atom stereocenters. The Hall–Kier alpha value is -13.3. The number of hydrogen-bond donors (Lipinski definition) is 6. The van der Waals surface area contributed by atoms with Crippen molar-refractivity contribution >= 4 is 99.3 Å². The van der Waals surface area contributed by atoms with Crippen LogP contribution in [-0.2, 0) is 28.8 Å². The summed E-state index contributed by atoms with van der Waals surface area (Å²) >= 11 is 0. The Morgan fingerprint density at radius 1 is 0.463 bits per heavy atom. The van der Waals surface area contributed by atoms with Crippen LogP contribution in [0.5, 0.6) is 0 Å². The summed E-state index contributed by atoms with van der Waals surface area (Å²) < 4.78 is 31.7. The highest BCUT2D eigenvalue weighted by Crippen LogP contribution is 2.46. The number of anilines is 5. The van der Waals surface area contributed by atoms with Gasteiger partial charge in [-0.1, -0.05) is 55.7 Å². The van der Waals surface area contributed by atoms with E-state index in [1.807, 2.05) is 93.1 Å². The average molecular weight is 1640 g/mol. The van der Waals surface area contributed by atoms with E-state index in [1.54, 1.807) is 60.7 Å². The van der Waals surface area contributed by atoms with Gasteiger partial charge in [0.25, 0.3) is 23.6 Å². The summed E-state index contributed by atoms with van der Waals surface area (Å²) in [6, 6.07) is 41.9. The molecule has 3 unspecified atom stereocenters. The summed E-state index contributed by atoms with van der Waals surface area (Å²) in [6.45, 7) is 8.52. The Bertz CT molecular complexity index is 5650. The number of unbranched alkanes of at least 4 members (excludes halogenated alkanes) is 4. The minimum Gasteiger partial charge on any atom is -0.481 e. The van der Waals surface area contributed by atoms with Gasteiger partial charge in [-0.2, -0.15) is 5.10 Å². The molecule has 0 bridgehead atoms. The zero-order valence-electron chi connectivity index (χ0n) is 66.7. The molecular weight excluding hydrogens is 1550 g/mol. The lowest BCUT2D eigenvalue weighted by Gasteiger charge is -2.35. The van der Waals surface area contributed by atoms with Crippen molar-refractivity contribution in [3.8, 4) is 22.8 Å². The molecule has 1 saturated carbocycles. The zero-order valence-corrected chi connectivity index (χ0v) is 66.7. The number of carboxylic acids is 1. The number of piperazine rings is 2. The standard InChI is InChI=1S/C45H46FN9O5.C25H26FN7.C19H21N3O6/c46-29-8-4-7-28(25-29)31-9-5-10-32(31)35-16-18-39-48-27-38(55(39)51-35)36-11-6-12-40(49-36)52-21-23-53(24-22-52)42(57)13-2-1-3-20-47-30-14-15-33-34(26-30)45(60)54(44(33)59)37-17-19-41(56)50-43(37)58;26-19-5-1-4-18(16-19)21-7-3-13-32(21)25-10-9-23-28-17-22(33(23)30-25)20-6-2-8-24(29-20)31-14-11-27-12-15-31;23-15-8-7-14(17(26)21-15)22-18(27)12-6-5-11(10-13(12)19(22)28)20-9-3-1-2-4-16(24)25/h4,6-8,11-12,14-16,18,25-27,31-32,37,47H,1-3,5,9-10,13,17,19-24H2,(H,50,56,58);1-2,4-6,8-10,16-17,21,27H,3,7,11-15H2;5-6,10,14,20H,1-4,7-9H2,(H,24,25)(H,21,23,26)/t31-,32?,37?;21-;/m10./s1. The highest BCUT2D eigenvalue weighted by atomic mass is 19.1. The number of imide groups is 4. The molecule has 121 heavy (non-hydrogen) atoms. The van der Waals surface area contributed by atoms with Crippen LogP contribution in [0, 0.1) is 11.6 Å². The van der Waals surface area contributed by atoms with Crippen molar-refractivity contribution in [2.24, 2.45) is 0 Å². The summed E-state index contributed by atoms with van der Waals surface area (Å²) in [7, 11) is 0. The number of halogens is 2. The monoisotopic (exact) mass is 1640 g/mol. The fraction of sp³-hybridized carbons (Fsp3) is 0.371. The van der Waals surface area contributed by atoms with Crippen LogP contribution in [0.2, 0.25) is 0 Å². The molecule has 10 aromatic rings. The van der Waals surface area contributed by atoms with Crippen molar-refractivity contribution in [1.82, 2.24) is 69.8 Å². The van der Waals surface area contributed by atoms with Crippen molar-refractivity contribution in [2.75, 3.05) is 97.3 Å². The topological polar surface area (TPSA) is 357 Å². The normalized spacial score (nSPS) is 19.7. The molecule has 18 rings (SSSR count). The third-order valence-corrected chi connectivity index (χ3v) is 23.7. The quantitative estimate of drug-likeness (QED) is 0.0242. The number of aliphatic carboxylic acids is 1. The number of benzene rings is 4. The van der Waals surface area contributed by atoms with Crippen LogP contribution >= 0.6 is 0 Å². The first-order valence-corrected chi connectivity index (χ1v) is 41.7. The van der Waals surface area contributed by atoms with E-state index < -0.39 is 65.3 Å². The van der Waals surface area contributed by atoms with Gasteiger partial charge in [-0.05, 0) is 190 Å². The Kier molecular flexibility index (Phi) is 24.6. The molecule has 0 radical (unpaired) electrons. The Morgan fingerprint density at radius 2 is 0.983 bits per heavy atom. The molecule has 6 N–H and O–H groups in total. The molecule has 1 aliphatic carbocycles. The molecule has 6 aromatic heterocycles. The van der Waals surface area contributed by atoms with Crippen LogP contribution < -0.4 is 41.3 Å². The summed E-state index contributed by atoms with van der Waals surface area (Å²) in [5.41, 5.74) is 10.1. The van der Waals surface area contributed by atoms with E-state index in [9.17, 15) is 56.7 Å². The van der Waals surface area contributed by atoms with Crippen molar-refractivity contribution in [1.29, 1.82) is 0 Å². The first-order chi connectivity index (χ1) is 58.9. The van der Waals surface area contributed by atoms with Gasteiger partial charge in [0.1, 0.15) is 52.6 Å². The second-order valence-corrected chi connectivity index (χ2v) is 31.5. The Balaban J connectivity index is 0.000000150. The number of aromatic nitrogens is 8. The summed E-state index contributed by atoms with van der Waals surface area (Å²) in [5, 5.41) is 32.9. The number of fused-ring (bicyclic) bond motifs is 4. The molecule has 4 aromatic carbocycles. The van der Waals surface area contributed by atoms with Gasteiger partial charge in [-0.25, -0.2) is 37.7 Å². The Labute approximate surface area is 695 Å². The highest BCUT2D eigenvalue weighted by molar-refractivity contribution is 6.25. The summed E-state index contributed by atoms with van der Waals surface area (Å²) in [5.74, 6) is -2.22. The van der Waals surface area contributed by atoms with E-state index in [0.717, 1.165) is 175 Å². The molecule has 5 saturated heterocycles. The van der Waals surface area contributed by atoms with Gasteiger partial charge in [-0.3, -0.25) is 68.4 Å². The maximum absolute atomic E-state index is 14.1. The molecule has 6 fully saturated rings. The minimum absolute atomic E-state index is 0.0716. The van der Waals surface area contributed by atoms with E-state index >= 15 is 0 Å². The largest absolute Gasteiger partial charge is 0.481 e. The van der Waals surface area contributed by atoms with E-state index in [4.69, 9.17) is 25.3 Å². The molecule has 0 spiro atoms. The number of carboxylic acid groups (broad SMARTS) is 1. The van der Waals surface area contributed by atoms with Gasteiger partial charge in [-0.15, -0.1) is 5.10 Å². The fourth-order valence-corrected chi connectivity index (χ4v) is 17.5. The molecule has 32 heteroatoms. The van der Waals surface area contributed by atoms with Crippen LogP contribution in [0.4, 0.5) is 37.6 Å². The number of amides is 9. The number of pyridine rings is 2. The minimum atomic E-state index is -0.998. The second-order valence-electron chi connectivity index (χ2n) is 31.5. The molecular formula is C89H93F2N19O11. The Morgan fingerprint density at radius 3 is 1.55 bits per heavy atom. The SMILES string of the molecule is Fc1cccc([C@@H]2CCCN2c2ccc3ncc(-c4cccc(N5CCNCC5)n4)n3n2)c1.O=C(O)CCCCCNc1ccc2c(c1)C(=O)N(C1CCC(=O)NC1=O)C2=O.O=C1CCC(N2C(=O)c3ccc(NCCCCCC(=O)N4CCN(c5cccc(-c6cnc7ccc(C8CCC[C@@H]8c8cccc(F)c8)nn67)n5)CC4)cc3C2=O)C(=O)N1. The second kappa shape index (κ2) is 36.5. The number of nitrogens with zero attached hydrogens (tertiary/aromatic N) is 14. The molecule has 8 aliphatic rings. The third-order valence-electron chi connectivity index (χ3n) is 23.7. The number of carbonyl (C=O) groups excluding carboxylic acids is 9. The predicted molar refractivity (Wildman–Crippen MR) is 446 cm³/mol. The van der Waals surface area contributed by atoms with E-state index in [2.05, 4.69) is 57.3 Å². The van der Waals surface area contributed by atoms with Crippen LogP contribution in [0.3, 0.4) is 0 Å². The molecule has 13 heterocycles. The number of hydrogen-bond acceptors (Lipinski definition) is 22. The van der Waals surface area contributed by atoms with Gasteiger partial charge >= 0.3 is 5.97 Å². The lowest BCUT2D eigenvalue weighted by atomic mass is 9.86. The van der Waals surface area contributed by atoms with Crippen molar-refractivity contribution < 1.29 is 61.8 Å². The number of carbonyl (C=O) groups is 10. The van der Waals surface area contributed by atoms with E-state index in [0.29, 0.717) is 63.5 Å². The predicted octanol–water partition coefficient (Wildman–Crippen LogP) is 10.5. The van der Waals surface area contributed by atoms with Crippen LogP contribution in [0.15, 0.2) is 158 Å². The molecule has 7 aliphatic heterocycles. The van der Waals surface area contributed by atoms with Crippen LogP contribution in [0.25, 0.3) is 34.1 Å². The smallest absolute Gasteiger partial charge is 0.303 e. The number of nitrogens with one attached hydrogen (secondary N) is 5. The number of rotatable bonds is 24. The fourth-order valence-electron chi connectivity index (χ4n) is 17.5. The van der Waals surface area contributed by atoms with Gasteiger partial charge in [0.2, 0.25) is 29.5 Å². The van der Waals surface area contributed by atoms with Crippen molar-refractivity contribution in [3.63, 3.8) is 0 Å². The van der Waals surface area contributed by atoms with Crippen molar-refractivity contribution in [3.05, 3.63) is 209 Å². The maximum atomic E-state index is 14.1. The molecule has 624 valence electrons. The van der Waals surface area contributed by atoms with Gasteiger partial charge in [0.15, 0.2) is 11.3 Å². The first kappa shape index (κ1) is 81.5. The highest BCUT2D eigenvalue weighted by Gasteiger charge is 2.47. The van der Waals surface area contributed by atoms with Gasteiger partial charge in [0.05, 0.1) is 57.8 Å². The lowest BCUT2D eigenvalue weighted by Crippen LogP contribution is -2.54. The van der Waals surface area contributed by atoms with Gasteiger partial charge < -0.3 is 40.7 Å². The van der Waals surface area contributed by atoms with Crippen LogP contribution in [-0.4, -0.2) is 202 Å². The zero-order chi connectivity index (χ0) is 83.8. The molecule has 9 amide bonds. The van der Waals surface area contributed by atoms with E-state index in [-0.39, 0.29) is 89.8 Å².